The molecule has 8 heteroatoms. The van der Waals surface area contributed by atoms with Gasteiger partial charge in [0.25, 0.3) is 0 Å². The highest BCUT2D eigenvalue weighted by atomic mass is 16.6. The van der Waals surface area contributed by atoms with Gasteiger partial charge in [-0.3, -0.25) is 4.90 Å². The van der Waals surface area contributed by atoms with Crippen molar-refractivity contribution in [1.29, 1.82) is 0 Å². The van der Waals surface area contributed by atoms with E-state index in [2.05, 4.69) is 9.97 Å². The summed E-state index contributed by atoms with van der Waals surface area (Å²) < 4.78 is 11.5. The number of carbonyl (C=O) groups is 1. The minimum Gasteiger partial charge on any atom is -0.444 e. The van der Waals surface area contributed by atoms with Crippen LogP contribution in [0.2, 0.25) is 0 Å². The van der Waals surface area contributed by atoms with Crippen LogP contribution in [0.4, 0.5) is 4.79 Å². The number of likely N-dealkylation sites (tertiary alicyclic amines) is 1. The van der Waals surface area contributed by atoms with E-state index in [1.54, 1.807) is 21.3 Å². The zero-order valence-electron chi connectivity index (χ0n) is 20.7. The monoisotopic (exact) mass is 452 g/mol. The summed E-state index contributed by atoms with van der Waals surface area (Å²) in [5, 5.41) is 10.2. The van der Waals surface area contributed by atoms with Crippen molar-refractivity contribution in [3.05, 3.63) is 36.3 Å². The molecule has 1 aromatic heterocycles. The lowest BCUT2D eigenvalue weighted by Gasteiger charge is -2.37. The van der Waals surface area contributed by atoms with E-state index in [-0.39, 0.29) is 18.2 Å². The highest BCUT2D eigenvalue weighted by molar-refractivity contribution is 6.47. The second kappa shape index (κ2) is 8.17. The molecule has 7 nitrogen and oxygen atoms in total. The van der Waals surface area contributed by atoms with E-state index in [4.69, 9.17) is 9.39 Å². The average molecular weight is 452 g/mol. The number of aromatic amines is 1. The predicted octanol–water partition coefficient (Wildman–Crippen LogP) is 3.96. The van der Waals surface area contributed by atoms with Gasteiger partial charge in [0, 0.05) is 6.04 Å². The number of carbonyl (C=O) groups excluding carboxylic acids is 1. The summed E-state index contributed by atoms with van der Waals surface area (Å²) in [4.78, 5) is 22.7. The lowest BCUT2D eigenvalue weighted by Crippen LogP contribution is -2.49. The van der Waals surface area contributed by atoms with Crippen molar-refractivity contribution in [3.63, 3.8) is 0 Å². The number of hydrogen-bond acceptors (Lipinski definition) is 5. The van der Waals surface area contributed by atoms with Crippen LogP contribution < -0.4 is 5.46 Å². The molecule has 0 bridgehead atoms. The fourth-order valence-electron chi connectivity index (χ4n) is 4.03. The van der Waals surface area contributed by atoms with Crippen LogP contribution in [-0.2, 0) is 9.39 Å². The molecular formula is C25H35BN3O4. The first-order valence-corrected chi connectivity index (χ1v) is 11.7. The van der Waals surface area contributed by atoms with Gasteiger partial charge in [-0.1, -0.05) is 29.7 Å². The number of nitrogens with one attached hydrogen (secondary N) is 1. The van der Waals surface area contributed by atoms with Gasteiger partial charge >= 0.3 is 13.6 Å². The van der Waals surface area contributed by atoms with Crippen LogP contribution >= 0.6 is 0 Å². The number of fused-ring (bicyclic) bond motifs is 1. The second-order valence-corrected chi connectivity index (χ2v) is 11.3. The molecule has 177 valence electrons. The minimum atomic E-state index is -0.968. The molecule has 1 aromatic carbocycles. The number of aliphatic hydroxyl groups is 1. The van der Waals surface area contributed by atoms with Crippen molar-refractivity contribution in [2.75, 3.05) is 0 Å². The van der Waals surface area contributed by atoms with E-state index in [9.17, 15) is 9.90 Å². The molecule has 1 unspecified atom stereocenters. The Morgan fingerprint density at radius 2 is 1.79 bits per heavy atom. The topological polar surface area (TPSA) is 87.7 Å². The van der Waals surface area contributed by atoms with E-state index >= 15 is 0 Å². The van der Waals surface area contributed by atoms with Crippen LogP contribution in [0, 0.1) is 5.92 Å². The summed E-state index contributed by atoms with van der Waals surface area (Å²) in [5.74, 6) is 1.34. The number of ether oxygens (including phenoxy) is 1. The van der Waals surface area contributed by atoms with Gasteiger partial charge in [0.2, 0.25) is 0 Å². The van der Waals surface area contributed by atoms with Crippen molar-refractivity contribution >= 4 is 19.0 Å². The summed E-state index contributed by atoms with van der Waals surface area (Å²) in [6.07, 6.45) is 3.52. The molecule has 1 aliphatic heterocycles. The Bertz CT molecular complexity index is 1000. The Morgan fingerprint density at radius 1 is 1.12 bits per heavy atom. The molecule has 2 fully saturated rings. The third-order valence-corrected chi connectivity index (χ3v) is 6.80. The molecule has 2 aliphatic rings. The molecule has 2 heterocycles. The summed E-state index contributed by atoms with van der Waals surface area (Å²) in [5.41, 5.74) is 0.602. The first-order valence-electron chi connectivity index (χ1n) is 11.7. The van der Waals surface area contributed by atoms with Crippen molar-refractivity contribution in [3.8, 4) is 11.3 Å². The van der Waals surface area contributed by atoms with E-state index in [0.717, 1.165) is 35.4 Å². The maximum absolute atomic E-state index is 12.8. The van der Waals surface area contributed by atoms with E-state index < -0.39 is 16.8 Å². The Labute approximate surface area is 197 Å². The lowest BCUT2D eigenvalue weighted by atomic mass is 9.82. The normalized spacial score (nSPS) is 22.8. The maximum Gasteiger partial charge on any atom is 0.411 e. The number of nitrogens with zero attached hydrogens (tertiary/aromatic N) is 2. The zero-order valence-corrected chi connectivity index (χ0v) is 20.7. The summed E-state index contributed by atoms with van der Waals surface area (Å²) in [7, 11) is 1.67. The third kappa shape index (κ3) is 5.12. The van der Waals surface area contributed by atoms with Crippen molar-refractivity contribution in [1.82, 2.24) is 14.9 Å². The summed E-state index contributed by atoms with van der Waals surface area (Å²) in [6, 6.07) is 8.12. The smallest absolute Gasteiger partial charge is 0.411 e. The quantitative estimate of drug-likeness (QED) is 0.648. The van der Waals surface area contributed by atoms with Gasteiger partial charge < -0.3 is 19.5 Å². The fourth-order valence-corrected chi connectivity index (χ4v) is 4.03. The van der Waals surface area contributed by atoms with Crippen LogP contribution in [0.25, 0.3) is 11.3 Å². The number of piperidine rings is 1. The molecule has 1 aliphatic carbocycles. The molecule has 33 heavy (non-hydrogen) atoms. The predicted molar refractivity (Wildman–Crippen MR) is 128 cm³/mol. The molecule has 0 spiro atoms. The van der Waals surface area contributed by atoms with E-state index in [1.165, 1.54) is 0 Å². The van der Waals surface area contributed by atoms with Crippen molar-refractivity contribution in [2.24, 2.45) is 5.92 Å². The number of H-pyrrole nitrogens is 1. The van der Waals surface area contributed by atoms with Crippen LogP contribution in [0.5, 0.6) is 0 Å². The number of amides is 1. The second-order valence-electron chi connectivity index (χ2n) is 11.3. The number of imidazole rings is 1. The SMILES string of the molecule is CC(C)(C)OC(=O)N1[C@@H]2CC2C[C@H]1c1ncc(-c2ccc([B]OC(C)(C)C(C)(C)O)cc2)[nH]1. The molecule has 3 atom stereocenters. The number of aromatic nitrogens is 2. The fraction of sp³-hybridized carbons (Fsp3) is 0.600. The van der Waals surface area contributed by atoms with Gasteiger partial charge in [0.05, 0.1) is 29.1 Å². The van der Waals surface area contributed by atoms with Gasteiger partial charge in [0.15, 0.2) is 0 Å². The van der Waals surface area contributed by atoms with Crippen LogP contribution in [0.1, 0.15) is 73.2 Å². The number of benzene rings is 1. The standard InChI is InChI=1S/C25H35BN3O4/c1-23(2,3)32-22(30)29-19-12-16(19)13-20(29)21-27-14-18(28-21)15-8-10-17(11-9-15)26-33-25(6,7)24(4,5)31/h8-11,14,16,19-20,31H,12-13H2,1-7H3,(H,27,28)/t16?,19-,20+/m1/s1. The largest absolute Gasteiger partial charge is 0.444 e. The summed E-state index contributed by atoms with van der Waals surface area (Å²) >= 11 is 0. The first kappa shape index (κ1) is 23.8. The van der Waals surface area contributed by atoms with E-state index in [1.807, 2.05) is 70.0 Å². The Balaban J connectivity index is 1.44. The molecule has 1 radical (unpaired) electrons. The van der Waals surface area contributed by atoms with Crippen LogP contribution in [-0.4, -0.2) is 56.4 Å². The van der Waals surface area contributed by atoms with Gasteiger partial charge in [-0.05, 0) is 72.8 Å². The Morgan fingerprint density at radius 3 is 2.39 bits per heavy atom. The van der Waals surface area contributed by atoms with Crippen LogP contribution in [0.15, 0.2) is 30.5 Å². The zero-order chi connectivity index (χ0) is 24.2. The molecule has 1 saturated carbocycles. The number of rotatable bonds is 6. The molecule has 1 amide bonds. The van der Waals surface area contributed by atoms with Gasteiger partial charge in [-0.15, -0.1) is 0 Å². The Hall–Kier alpha value is -2.32. The highest BCUT2D eigenvalue weighted by Gasteiger charge is 2.56. The lowest BCUT2D eigenvalue weighted by molar-refractivity contribution is -0.0893. The van der Waals surface area contributed by atoms with Gasteiger partial charge in [-0.25, -0.2) is 9.78 Å². The average Bonchev–Trinajstić information content (AvgIpc) is 3.12. The van der Waals surface area contributed by atoms with Crippen LogP contribution in [0.3, 0.4) is 0 Å². The molecule has 1 saturated heterocycles. The maximum atomic E-state index is 12.8. The molecular weight excluding hydrogens is 417 g/mol. The van der Waals surface area contributed by atoms with Crippen molar-refractivity contribution in [2.45, 2.75) is 90.2 Å². The van der Waals surface area contributed by atoms with Crippen molar-refractivity contribution < 1.29 is 19.3 Å². The third-order valence-electron chi connectivity index (χ3n) is 6.80. The number of hydrogen-bond donors (Lipinski definition) is 2. The Kier molecular flexibility index (Phi) is 5.90. The van der Waals surface area contributed by atoms with E-state index in [0.29, 0.717) is 5.92 Å². The highest BCUT2D eigenvalue weighted by Crippen LogP contribution is 2.53. The molecule has 2 N–H and O–H groups in total. The van der Waals surface area contributed by atoms with Gasteiger partial charge in [-0.2, -0.15) is 0 Å². The van der Waals surface area contributed by atoms with Gasteiger partial charge in [0.1, 0.15) is 11.4 Å². The first-order chi connectivity index (χ1) is 15.2. The minimum absolute atomic E-state index is 0.0811. The molecule has 4 rings (SSSR count). The molecule has 2 aromatic rings. The summed E-state index contributed by atoms with van der Waals surface area (Å²) in [6.45, 7) is 12.9.